The summed E-state index contributed by atoms with van der Waals surface area (Å²) in [6.45, 7) is 21.1. The third-order valence-electron chi connectivity index (χ3n) is 8.90. The Morgan fingerprint density at radius 1 is 0.515 bits per heavy atom. The summed E-state index contributed by atoms with van der Waals surface area (Å²) < 4.78 is 70.2. The average Bonchev–Trinajstić information content (AvgIpc) is 4.04. The molecule has 6 aromatic rings. The zero-order valence-corrected chi connectivity index (χ0v) is 43.4. The van der Waals surface area contributed by atoms with Crippen molar-refractivity contribution in [2.75, 3.05) is 0 Å². The molecule has 18 nitrogen and oxygen atoms in total. The predicted molar refractivity (Wildman–Crippen MR) is 261 cm³/mol. The number of ketones is 3. The highest BCUT2D eigenvalue weighted by Gasteiger charge is 2.21. The lowest BCUT2D eigenvalue weighted by Crippen LogP contribution is -2.15. The minimum atomic E-state index is -3.19. The Balaban J connectivity index is 0.000000408. The number of H-pyrrole nitrogens is 1. The van der Waals surface area contributed by atoms with Gasteiger partial charge >= 0.3 is 0 Å². The number of carbonyl (C=O) groups excluding carboxylic acids is 3. The third-order valence-corrected chi connectivity index (χ3v) is 15.2. The number of rotatable bonds is 12. The van der Waals surface area contributed by atoms with Crippen LogP contribution in [0.3, 0.4) is 0 Å². The highest BCUT2D eigenvalue weighted by atomic mass is 32.2. The van der Waals surface area contributed by atoms with Gasteiger partial charge in [-0.3, -0.25) is 24.0 Å². The van der Waals surface area contributed by atoms with Crippen molar-refractivity contribution in [3.05, 3.63) is 134 Å². The van der Waals surface area contributed by atoms with Crippen LogP contribution in [0.25, 0.3) is 0 Å². The molecule has 0 aliphatic carbocycles. The van der Waals surface area contributed by atoms with Gasteiger partial charge in [-0.15, -0.1) is 0 Å². The quantitative estimate of drug-likeness (QED) is 0.116. The van der Waals surface area contributed by atoms with E-state index in [1.807, 2.05) is 41.5 Å². The summed E-state index contributed by atoms with van der Waals surface area (Å²) in [5, 5.41) is 2.81. The van der Waals surface area contributed by atoms with E-state index in [0.29, 0.717) is 26.6 Å². The molecule has 0 radical (unpaired) electrons. The normalized spacial score (nSPS) is 11.2. The van der Waals surface area contributed by atoms with E-state index < -0.39 is 34.8 Å². The fourth-order valence-corrected chi connectivity index (χ4v) is 7.70. The van der Waals surface area contributed by atoms with Crippen molar-refractivity contribution in [3.63, 3.8) is 0 Å². The molecule has 0 atom stereocenters. The van der Waals surface area contributed by atoms with Crippen molar-refractivity contribution >= 4 is 46.9 Å². The zero-order valence-electron chi connectivity index (χ0n) is 40.9. The minimum Gasteiger partial charge on any atom is -0.366 e. The lowest BCUT2D eigenvalue weighted by molar-refractivity contribution is 0.0928. The summed E-state index contributed by atoms with van der Waals surface area (Å²) in [6.07, 6.45) is 18.2. The van der Waals surface area contributed by atoms with Crippen LogP contribution >= 0.6 is 0 Å². The first-order chi connectivity index (χ1) is 31.7. The first-order valence-corrected chi connectivity index (χ1v) is 26.1. The van der Waals surface area contributed by atoms with Crippen LogP contribution in [0.1, 0.15) is 114 Å². The van der Waals surface area contributed by atoms with Crippen molar-refractivity contribution in [3.8, 4) is 0 Å². The van der Waals surface area contributed by atoms with Crippen LogP contribution < -0.4 is 0 Å². The Bertz CT molecular complexity index is 2600. The molecule has 6 rings (SSSR count). The number of hydrogen-bond donors (Lipinski definition) is 1. The van der Waals surface area contributed by atoms with E-state index >= 15 is 0 Å². The number of carbonyl (C=O) groups is 3. The van der Waals surface area contributed by atoms with Gasteiger partial charge in [-0.25, -0.2) is 50.2 Å². The number of Topliss-reactive ketones (excluding diaryl/α,β-unsaturated/α-hetero) is 3. The SMILES string of the molecule is CC(C)C(=O)c1cccnc1.CC(C)C(=O)c1ccncn1.CC(C)C(=O)c1cncnc1.CC(C)S(=O)(=O)c1cc[nH]c1.CC(C)S(=O)(=O)c1ccccn1.CC(C)S(=O)(=O)c1cnn(C)c1. The highest BCUT2D eigenvalue weighted by Crippen LogP contribution is 2.15. The van der Waals surface area contributed by atoms with Crippen LogP contribution in [0.5, 0.6) is 0 Å². The molecule has 0 saturated carbocycles. The van der Waals surface area contributed by atoms with Gasteiger partial charge < -0.3 is 4.98 Å². The largest absolute Gasteiger partial charge is 0.366 e. The molecule has 0 bridgehead atoms. The summed E-state index contributed by atoms with van der Waals surface area (Å²) in [7, 11) is -7.70. The van der Waals surface area contributed by atoms with Gasteiger partial charge in [0.1, 0.15) is 23.2 Å². The molecule has 0 unspecified atom stereocenters. The number of aromatic amines is 1. The van der Waals surface area contributed by atoms with Gasteiger partial charge in [0, 0.05) is 86.1 Å². The van der Waals surface area contributed by atoms with Crippen LogP contribution in [-0.4, -0.2) is 103 Å². The fraction of sp³-hybridized carbons (Fsp3) is 0.404. The van der Waals surface area contributed by atoms with Gasteiger partial charge in [-0.2, -0.15) is 5.10 Å². The molecule has 370 valence electrons. The van der Waals surface area contributed by atoms with Crippen LogP contribution in [0.4, 0.5) is 0 Å². The molecular weight excluding hydrogens is 931 g/mol. The number of nitrogens with zero attached hydrogens (tertiary/aromatic N) is 8. The number of hydrogen-bond acceptors (Lipinski definition) is 16. The van der Waals surface area contributed by atoms with Gasteiger partial charge in [0.25, 0.3) is 0 Å². The molecule has 0 aliphatic heterocycles. The van der Waals surface area contributed by atoms with Gasteiger partial charge in [-0.1, -0.05) is 47.6 Å². The summed E-state index contributed by atoms with van der Waals surface area (Å²) in [5.74, 6) is 0.376. The number of aromatic nitrogens is 9. The maximum Gasteiger partial charge on any atom is 0.197 e. The van der Waals surface area contributed by atoms with Crippen molar-refractivity contribution in [1.82, 2.24) is 44.7 Å². The molecule has 0 amide bonds. The van der Waals surface area contributed by atoms with Crippen LogP contribution in [0, 0.1) is 17.8 Å². The second kappa shape index (κ2) is 28.9. The van der Waals surface area contributed by atoms with Gasteiger partial charge in [0.2, 0.25) is 0 Å². The van der Waals surface area contributed by atoms with E-state index in [1.54, 1.807) is 110 Å². The Labute approximate surface area is 401 Å². The molecule has 68 heavy (non-hydrogen) atoms. The van der Waals surface area contributed by atoms with Crippen LogP contribution in [0.15, 0.2) is 132 Å². The van der Waals surface area contributed by atoms with E-state index in [0.717, 1.165) is 0 Å². The number of aryl methyl sites for hydroxylation is 1. The van der Waals surface area contributed by atoms with Gasteiger partial charge in [-0.05, 0) is 77.9 Å². The molecule has 21 heteroatoms. The van der Waals surface area contributed by atoms with E-state index in [-0.39, 0.29) is 50.6 Å². The number of sulfone groups is 3. The average molecular weight is 996 g/mol. The van der Waals surface area contributed by atoms with E-state index in [9.17, 15) is 39.6 Å². The highest BCUT2D eigenvalue weighted by molar-refractivity contribution is 7.92. The maximum absolute atomic E-state index is 11.5. The van der Waals surface area contributed by atoms with Crippen molar-refractivity contribution in [2.45, 2.75) is 114 Å². The fourth-order valence-electron chi connectivity index (χ4n) is 4.67. The Morgan fingerprint density at radius 3 is 1.47 bits per heavy atom. The van der Waals surface area contributed by atoms with Crippen molar-refractivity contribution in [1.29, 1.82) is 0 Å². The summed E-state index contributed by atoms with van der Waals surface area (Å²) in [6, 6.07) is 11.6. The van der Waals surface area contributed by atoms with Crippen LogP contribution in [-0.2, 0) is 36.6 Å². The lowest BCUT2D eigenvalue weighted by atomic mass is 10.0. The van der Waals surface area contributed by atoms with E-state index in [1.165, 1.54) is 60.6 Å². The molecule has 0 aromatic carbocycles. The Hall–Kier alpha value is -6.19. The Kier molecular flexibility index (Phi) is 25.4. The zero-order chi connectivity index (χ0) is 51.8. The first-order valence-electron chi connectivity index (χ1n) is 21.5. The number of pyridine rings is 2. The van der Waals surface area contributed by atoms with E-state index in [2.05, 4.69) is 40.0 Å². The molecular formula is C47H65N9O9S3. The van der Waals surface area contributed by atoms with Crippen LogP contribution in [0.2, 0.25) is 0 Å². The second-order valence-corrected chi connectivity index (χ2v) is 23.8. The summed E-state index contributed by atoms with van der Waals surface area (Å²) >= 11 is 0. The number of nitrogens with one attached hydrogen (secondary N) is 1. The molecule has 0 spiro atoms. The van der Waals surface area contributed by atoms with Crippen molar-refractivity contribution < 1.29 is 39.6 Å². The smallest absolute Gasteiger partial charge is 0.197 e. The molecule has 0 saturated heterocycles. The molecule has 0 aliphatic rings. The Morgan fingerprint density at radius 2 is 1.06 bits per heavy atom. The van der Waals surface area contributed by atoms with Gasteiger partial charge in [0.05, 0.1) is 32.4 Å². The molecule has 6 aromatic heterocycles. The first kappa shape index (κ1) is 59.8. The lowest BCUT2D eigenvalue weighted by Gasteiger charge is -2.05. The molecule has 6 heterocycles. The van der Waals surface area contributed by atoms with Crippen molar-refractivity contribution in [2.24, 2.45) is 24.8 Å². The van der Waals surface area contributed by atoms with E-state index in [4.69, 9.17) is 0 Å². The summed E-state index contributed by atoms with van der Waals surface area (Å²) in [5.41, 5.74) is 1.78. The minimum absolute atomic E-state index is 0.00454. The summed E-state index contributed by atoms with van der Waals surface area (Å²) in [4.78, 5) is 59.9. The standard InChI is InChI=1S/C9H11NO.2C8H10N2O.C8H11NO2S.C7H12N2O2S.C7H11NO2S/c1-7(2)9(11)8-4-3-5-10-6-8;1-6(2)8(11)7-3-9-5-10-4-7;1-6(2)8(11)7-3-4-9-5-10-7;1-7(2)12(10,11)8-5-3-4-6-9-8;1-6(2)12(10,11)7-4-8-9(3)5-7;1-6(2)11(9,10)7-3-4-8-5-7/h3-7H,1-2H3;2*3-6H,1-2H3;3-7H,1-2H3;4-6H,1-3H3;3-6,8H,1-2H3. The predicted octanol–water partition coefficient (Wildman–Crippen LogP) is 7.61. The maximum atomic E-state index is 11.5. The second-order valence-electron chi connectivity index (χ2n) is 16.4. The third kappa shape index (κ3) is 20.0. The molecule has 0 fully saturated rings. The molecule has 1 N–H and O–H groups in total. The topological polar surface area (TPSA) is 265 Å². The van der Waals surface area contributed by atoms with Gasteiger partial charge in [0.15, 0.2) is 51.9 Å². The monoisotopic (exact) mass is 995 g/mol.